The molecule has 7 nitrogen and oxygen atoms in total. The molecule has 1 saturated carbocycles. The van der Waals surface area contributed by atoms with Crippen LogP contribution in [0, 0.1) is 0 Å². The van der Waals surface area contributed by atoms with Gasteiger partial charge in [0.05, 0.1) is 5.69 Å². The van der Waals surface area contributed by atoms with E-state index in [4.69, 9.17) is 0 Å². The number of aromatic nitrogens is 5. The number of hydrogen-bond acceptors (Lipinski definition) is 4. The molecule has 4 rings (SSSR count). The number of rotatable bonds is 6. The monoisotopic (exact) mass is 502 g/mol. The van der Waals surface area contributed by atoms with E-state index in [0.717, 1.165) is 25.0 Å². The van der Waals surface area contributed by atoms with Gasteiger partial charge in [0.15, 0.2) is 17.0 Å². The van der Waals surface area contributed by atoms with Crippen molar-refractivity contribution in [2.75, 3.05) is 6.54 Å². The molecule has 35 heavy (non-hydrogen) atoms. The summed E-state index contributed by atoms with van der Waals surface area (Å²) in [5.41, 5.74) is -2.29. The van der Waals surface area contributed by atoms with Crippen LogP contribution in [0.1, 0.15) is 79.2 Å². The summed E-state index contributed by atoms with van der Waals surface area (Å²) in [6.07, 6.45) is -7.36. The molecule has 0 radical (unpaired) electrons. The molecule has 0 bridgehead atoms. The molecule has 1 aliphatic carbocycles. The number of carbonyl (C=O) groups excluding carboxylic acids is 1. The Morgan fingerprint density at radius 2 is 1.69 bits per heavy atom. The predicted molar refractivity (Wildman–Crippen MR) is 113 cm³/mol. The van der Waals surface area contributed by atoms with E-state index in [0.29, 0.717) is 10.2 Å². The van der Waals surface area contributed by atoms with Crippen molar-refractivity contribution in [3.05, 3.63) is 46.7 Å². The normalized spacial score (nSPS) is 15.1. The van der Waals surface area contributed by atoms with Crippen molar-refractivity contribution in [2.24, 2.45) is 0 Å². The molecule has 1 fully saturated rings. The summed E-state index contributed by atoms with van der Waals surface area (Å²) in [6.45, 7) is 5.40. The number of nitrogens with one attached hydrogen (secondary N) is 1. The Balaban J connectivity index is 1.46. The fourth-order valence-electron chi connectivity index (χ4n) is 3.65. The SMILES string of the molecule is CC(C)(C)c1cc(C(F)(F)F)n2nc(C(=O)NCCCn3nc(C(F)(F)F)cc3C3CC3)cc2n1. The smallest absolute Gasteiger partial charge is 0.351 e. The van der Waals surface area contributed by atoms with Crippen molar-refractivity contribution in [3.63, 3.8) is 0 Å². The number of amides is 1. The van der Waals surface area contributed by atoms with Gasteiger partial charge in [0.2, 0.25) is 0 Å². The highest BCUT2D eigenvalue weighted by Gasteiger charge is 2.38. The van der Waals surface area contributed by atoms with E-state index >= 15 is 0 Å². The third-order valence-electron chi connectivity index (χ3n) is 5.65. The van der Waals surface area contributed by atoms with Crippen LogP contribution in [0.15, 0.2) is 18.2 Å². The highest BCUT2D eigenvalue weighted by molar-refractivity contribution is 5.93. The molecule has 0 unspecified atom stereocenters. The van der Waals surface area contributed by atoms with E-state index in [1.165, 1.54) is 10.7 Å². The van der Waals surface area contributed by atoms with Gasteiger partial charge in [0, 0.05) is 36.2 Å². The van der Waals surface area contributed by atoms with Crippen molar-refractivity contribution < 1.29 is 31.1 Å². The Morgan fingerprint density at radius 3 is 2.26 bits per heavy atom. The van der Waals surface area contributed by atoms with Gasteiger partial charge in [-0.1, -0.05) is 20.8 Å². The molecule has 3 heterocycles. The first-order chi connectivity index (χ1) is 16.1. The number of alkyl halides is 6. The van der Waals surface area contributed by atoms with E-state index in [-0.39, 0.29) is 42.5 Å². The van der Waals surface area contributed by atoms with E-state index in [9.17, 15) is 31.1 Å². The van der Waals surface area contributed by atoms with Crippen LogP contribution in [-0.2, 0) is 24.3 Å². The molecule has 1 amide bonds. The summed E-state index contributed by atoms with van der Waals surface area (Å²) in [6, 6.07) is 3.15. The van der Waals surface area contributed by atoms with Crippen molar-refractivity contribution in [2.45, 2.75) is 70.3 Å². The second-order valence-electron chi connectivity index (χ2n) is 9.63. The standard InChI is InChI=1S/C22H24F6N6O/c1-20(2,3)15-11-17(22(26,27)28)34-18(30-15)9-13(31-34)19(35)29-7-4-8-33-14(12-5-6-12)10-16(32-33)21(23,24)25/h9-12H,4-8H2,1-3H3,(H,29,35). The number of halogens is 6. The maximum Gasteiger partial charge on any atom is 0.435 e. The number of fused-ring (bicyclic) bond motifs is 1. The lowest BCUT2D eigenvalue weighted by atomic mass is 9.91. The van der Waals surface area contributed by atoms with E-state index < -0.39 is 35.1 Å². The molecular formula is C22H24F6N6O. The topological polar surface area (TPSA) is 77.1 Å². The summed E-state index contributed by atoms with van der Waals surface area (Å²) in [5.74, 6) is -0.653. The summed E-state index contributed by atoms with van der Waals surface area (Å²) < 4.78 is 81.8. The fourth-order valence-corrected chi connectivity index (χ4v) is 3.65. The minimum absolute atomic E-state index is 0.0551. The van der Waals surface area contributed by atoms with Crippen molar-refractivity contribution in [1.29, 1.82) is 0 Å². The van der Waals surface area contributed by atoms with Crippen molar-refractivity contribution in [1.82, 2.24) is 29.7 Å². The summed E-state index contributed by atoms with van der Waals surface area (Å²) >= 11 is 0. The van der Waals surface area contributed by atoms with Gasteiger partial charge in [-0.05, 0) is 31.4 Å². The van der Waals surface area contributed by atoms with Crippen LogP contribution in [0.2, 0.25) is 0 Å². The minimum Gasteiger partial charge on any atom is -0.351 e. The molecule has 1 aliphatic rings. The minimum atomic E-state index is -4.71. The lowest BCUT2D eigenvalue weighted by Gasteiger charge is -2.19. The number of aryl methyl sites for hydroxylation is 1. The second-order valence-corrected chi connectivity index (χ2v) is 9.63. The number of nitrogens with zero attached hydrogens (tertiary/aromatic N) is 5. The Bertz CT molecular complexity index is 1250. The van der Waals surface area contributed by atoms with Gasteiger partial charge in [-0.3, -0.25) is 9.48 Å². The van der Waals surface area contributed by atoms with Crippen molar-refractivity contribution >= 4 is 11.6 Å². The van der Waals surface area contributed by atoms with Crippen LogP contribution in [-0.4, -0.2) is 36.8 Å². The van der Waals surface area contributed by atoms with Gasteiger partial charge in [0.25, 0.3) is 5.91 Å². The second kappa shape index (κ2) is 8.52. The van der Waals surface area contributed by atoms with Crippen LogP contribution in [0.4, 0.5) is 26.3 Å². The largest absolute Gasteiger partial charge is 0.435 e. The first-order valence-corrected chi connectivity index (χ1v) is 11.1. The lowest BCUT2D eigenvalue weighted by molar-refractivity contribution is -0.143. The molecule has 1 N–H and O–H groups in total. The molecule has 3 aromatic rings. The van der Waals surface area contributed by atoms with Gasteiger partial charge in [-0.25, -0.2) is 9.50 Å². The average molecular weight is 502 g/mol. The molecule has 0 aromatic carbocycles. The summed E-state index contributed by atoms with van der Waals surface area (Å²) in [4.78, 5) is 16.8. The summed E-state index contributed by atoms with van der Waals surface area (Å²) in [5, 5.41) is 10.00. The van der Waals surface area contributed by atoms with Gasteiger partial charge < -0.3 is 5.32 Å². The zero-order valence-corrected chi connectivity index (χ0v) is 19.3. The first kappa shape index (κ1) is 25.0. The fraction of sp³-hybridized carbons (Fsp3) is 0.545. The highest BCUT2D eigenvalue weighted by Crippen LogP contribution is 2.42. The Labute approximate surface area is 196 Å². The molecule has 13 heteroatoms. The first-order valence-electron chi connectivity index (χ1n) is 11.1. The van der Waals surface area contributed by atoms with Gasteiger partial charge in [0.1, 0.15) is 5.69 Å². The van der Waals surface area contributed by atoms with Gasteiger partial charge in [-0.2, -0.15) is 36.5 Å². The Morgan fingerprint density at radius 1 is 1.00 bits per heavy atom. The maximum absolute atomic E-state index is 13.6. The third kappa shape index (κ3) is 5.43. The summed E-state index contributed by atoms with van der Waals surface area (Å²) in [7, 11) is 0. The lowest BCUT2D eigenvalue weighted by Crippen LogP contribution is -2.26. The number of carbonyl (C=O) groups is 1. The van der Waals surface area contributed by atoms with Crippen LogP contribution >= 0.6 is 0 Å². The average Bonchev–Trinajstić information content (AvgIpc) is 3.31. The number of hydrogen-bond donors (Lipinski definition) is 1. The van der Waals surface area contributed by atoms with Gasteiger partial charge in [-0.15, -0.1) is 0 Å². The van der Waals surface area contributed by atoms with Crippen LogP contribution in [0.3, 0.4) is 0 Å². The molecule has 190 valence electrons. The maximum atomic E-state index is 13.6. The quantitative estimate of drug-likeness (QED) is 0.382. The van der Waals surface area contributed by atoms with Crippen LogP contribution < -0.4 is 5.32 Å². The van der Waals surface area contributed by atoms with Crippen LogP contribution in [0.5, 0.6) is 0 Å². The zero-order chi connectivity index (χ0) is 25.8. The highest BCUT2D eigenvalue weighted by atomic mass is 19.4. The van der Waals surface area contributed by atoms with Gasteiger partial charge >= 0.3 is 12.4 Å². The molecule has 0 aliphatic heterocycles. The Kier molecular flexibility index (Phi) is 6.08. The van der Waals surface area contributed by atoms with E-state index in [2.05, 4.69) is 20.5 Å². The predicted octanol–water partition coefficient (Wildman–Crippen LogP) is 4.96. The molecule has 3 aromatic heterocycles. The van der Waals surface area contributed by atoms with Crippen LogP contribution in [0.25, 0.3) is 5.65 Å². The van der Waals surface area contributed by atoms with E-state index in [1.54, 1.807) is 20.8 Å². The van der Waals surface area contributed by atoms with E-state index in [1.807, 2.05) is 0 Å². The third-order valence-corrected chi connectivity index (χ3v) is 5.65. The molecule has 0 atom stereocenters. The van der Waals surface area contributed by atoms with Crippen molar-refractivity contribution in [3.8, 4) is 0 Å². The molecule has 0 saturated heterocycles. The molecular weight excluding hydrogens is 478 g/mol. The zero-order valence-electron chi connectivity index (χ0n) is 19.3. The Hall–Kier alpha value is -3.12. The molecule has 0 spiro atoms.